The molecule has 0 aliphatic carbocycles. The van der Waals surface area contributed by atoms with Crippen molar-refractivity contribution in [2.24, 2.45) is 0 Å². The molecule has 7 heteroatoms. The van der Waals surface area contributed by atoms with E-state index < -0.39 is 10.0 Å². The van der Waals surface area contributed by atoms with E-state index >= 15 is 0 Å². The molecule has 1 N–H and O–H groups in total. The second kappa shape index (κ2) is 7.02. The lowest BCUT2D eigenvalue weighted by Gasteiger charge is -2.09. The zero-order valence-corrected chi connectivity index (χ0v) is 13.2. The maximum absolute atomic E-state index is 12.1. The summed E-state index contributed by atoms with van der Waals surface area (Å²) in [4.78, 5) is 11.1. The van der Waals surface area contributed by atoms with Gasteiger partial charge in [-0.05, 0) is 31.0 Å². The Morgan fingerprint density at radius 2 is 2.11 bits per heavy atom. The number of hydrogen-bond donors (Lipinski definition) is 1. The fraction of sp³-hybridized carbons (Fsp3) is 0.417. The van der Waals surface area contributed by atoms with Gasteiger partial charge in [-0.3, -0.25) is 4.79 Å². The van der Waals surface area contributed by atoms with Gasteiger partial charge in [0.1, 0.15) is 0 Å². The van der Waals surface area contributed by atoms with Crippen LogP contribution in [0.5, 0.6) is 0 Å². The number of hydrogen-bond acceptors (Lipinski definition) is 4. The van der Waals surface area contributed by atoms with Gasteiger partial charge < -0.3 is 4.74 Å². The SMILES string of the molecule is COC(=O)CCCNS(=O)(=O)c1cc(Br)ccc1C. The first-order valence-electron chi connectivity index (χ1n) is 5.69. The summed E-state index contributed by atoms with van der Waals surface area (Å²) in [5, 5.41) is 0. The Balaban J connectivity index is 2.66. The maximum atomic E-state index is 12.1. The third kappa shape index (κ3) is 4.93. The number of esters is 1. The molecule has 0 fully saturated rings. The normalized spacial score (nSPS) is 11.3. The molecule has 1 rings (SSSR count). The standard InChI is InChI=1S/C12H16BrNO4S/c1-9-5-6-10(13)8-11(9)19(16,17)14-7-3-4-12(15)18-2/h5-6,8,14H,3-4,7H2,1-2H3. The molecule has 0 saturated carbocycles. The first-order chi connectivity index (χ1) is 8.86. The molecule has 0 aliphatic rings. The molecule has 1 aromatic rings. The summed E-state index contributed by atoms with van der Waals surface area (Å²) in [6, 6.07) is 5.07. The number of halogens is 1. The van der Waals surface area contributed by atoms with Crippen LogP contribution in [0.4, 0.5) is 0 Å². The van der Waals surface area contributed by atoms with E-state index in [1.165, 1.54) is 7.11 Å². The molecule has 1 aromatic carbocycles. The van der Waals surface area contributed by atoms with Crippen LogP contribution in [-0.2, 0) is 19.6 Å². The van der Waals surface area contributed by atoms with Crippen LogP contribution < -0.4 is 4.72 Å². The van der Waals surface area contributed by atoms with Crippen LogP contribution in [0.2, 0.25) is 0 Å². The Morgan fingerprint density at radius 1 is 1.42 bits per heavy atom. The number of methoxy groups -OCH3 is 1. The molecule has 0 bridgehead atoms. The van der Waals surface area contributed by atoms with Crippen molar-refractivity contribution < 1.29 is 17.9 Å². The summed E-state index contributed by atoms with van der Waals surface area (Å²) in [5.41, 5.74) is 0.670. The molecule has 0 aliphatic heterocycles. The van der Waals surface area contributed by atoms with Crippen molar-refractivity contribution in [1.29, 1.82) is 0 Å². The first kappa shape index (κ1) is 16.1. The van der Waals surface area contributed by atoms with E-state index in [2.05, 4.69) is 25.4 Å². The van der Waals surface area contributed by atoms with Crippen LogP contribution in [0.25, 0.3) is 0 Å². The largest absolute Gasteiger partial charge is 0.469 e. The van der Waals surface area contributed by atoms with Gasteiger partial charge in [0.2, 0.25) is 10.0 Å². The molecule has 19 heavy (non-hydrogen) atoms. The molecular weight excluding hydrogens is 334 g/mol. The molecular formula is C12H16BrNO4S. The molecule has 0 heterocycles. The zero-order valence-electron chi connectivity index (χ0n) is 10.8. The third-order valence-electron chi connectivity index (χ3n) is 2.52. The fourth-order valence-electron chi connectivity index (χ4n) is 1.48. The van der Waals surface area contributed by atoms with Crippen LogP contribution in [0.15, 0.2) is 27.6 Å². The van der Waals surface area contributed by atoms with E-state index in [1.54, 1.807) is 25.1 Å². The van der Waals surface area contributed by atoms with E-state index in [0.717, 1.165) is 0 Å². The number of benzene rings is 1. The number of ether oxygens (including phenoxy) is 1. The lowest BCUT2D eigenvalue weighted by Crippen LogP contribution is -2.26. The van der Waals surface area contributed by atoms with Crippen molar-refractivity contribution in [3.63, 3.8) is 0 Å². The Bertz CT molecular complexity index is 557. The van der Waals surface area contributed by atoms with Crippen molar-refractivity contribution >= 4 is 31.9 Å². The maximum Gasteiger partial charge on any atom is 0.305 e. The molecule has 0 atom stereocenters. The number of nitrogens with one attached hydrogen (secondary N) is 1. The highest BCUT2D eigenvalue weighted by molar-refractivity contribution is 9.10. The van der Waals surface area contributed by atoms with Crippen LogP contribution in [0.1, 0.15) is 18.4 Å². The second-order valence-corrected chi connectivity index (χ2v) is 6.64. The van der Waals surface area contributed by atoms with Crippen LogP contribution in [0.3, 0.4) is 0 Å². The number of sulfonamides is 1. The predicted molar refractivity (Wildman–Crippen MR) is 75.3 cm³/mol. The van der Waals surface area contributed by atoms with Crippen LogP contribution in [-0.4, -0.2) is 28.0 Å². The Morgan fingerprint density at radius 3 is 2.74 bits per heavy atom. The highest BCUT2D eigenvalue weighted by atomic mass is 79.9. The van der Waals surface area contributed by atoms with Gasteiger partial charge >= 0.3 is 5.97 Å². The van der Waals surface area contributed by atoms with Gasteiger partial charge in [-0.25, -0.2) is 13.1 Å². The summed E-state index contributed by atoms with van der Waals surface area (Å²) in [5.74, 6) is -0.349. The van der Waals surface area contributed by atoms with Gasteiger partial charge in [0.15, 0.2) is 0 Å². The smallest absolute Gasteiger partial charge is 0.305 e. The minimum absolute atomic E-state index is 0.191. The zero-order chi connectivity index (χ0) is 14.5. The van der Waals surface area contributed by atoms with Crippen LogP contribution >= 0.6 is 15.9 Å². The van der Waals surface area contributed by atoms with Gasteiger partial charge in [0.25, 0.3) is 0 Å². The Labute approximate surface area is 121 Å². The second-order valence-electron chi connectivity index (χ2n) is 3.99. The summed E-state index contributed by atoms with van der Waals surface area (Å²) in [6.45, 7) is 1.93. The molecule has 5 nitrogen and oxygen atoms in total. The number of aryl methyl sites for hydroxylation is 1. The summed E-state index contributed by atoms with van der Waals surface area (Å²) >= 11 is 3.25. The van der Waals surface area contributed by atoms with Gasteiger partial charge in [0, 0.05) is 17.4 Å². The Hall–Kier alpha value is -0.920. The van der Waals surface area contributed by atoms with Gasteiger partial charge in [0.05, 0.1) is 12.0 Å². The number of carbonyl (C=O) groups is 1. The average Bonchev–Trinajstić information content (AvgIpc) is 2.37. The van der Waals surface area contributed by atoms with E-state index in [0.29, 0.717) is 16.5 Å². The van der Waals surface area contributed by atoms with E-state index in [4.69, 9.17) is 0 Å². The van der Waals surface area contributed by atoms with Crippen molar-refractivity contribution in [3.8, 4) is 0 Å². The van der Waals surface area contributed by atoms with Gasteiger partial charge in [-0.2, -0.15) is 0 Å². The third-order valence-corrected chi connectivity index (χ3v) is 4.61. The predicted octanol–water partition coefficient (Wildman–Crippen LogP) is 1.99. The van der Waals surface area contributed by atoms with Gasteiger partial charge in [-0.1, -0.05) is 22.0 Å². The average molecular weight is 350 g/mol. The lowest BCUT2D eigenvalue weighted by atomic mass is 10.2. The number of rotatable bonds is 6. The first-order valence-corrected chi connectivity index (χ1v) is 7.97. The van der Waals surface area contributed by atoms with Crippen molar-refractivity contribution in [2.75, 3.05) is 13.7 Å². The minimum Gasteiger partial charge on any atom is -0.469 e. The van der Waals surface area contributed by atoms with Crippen molar-refractivity contribution in [1.82, 2.24) is 4.72 Å². The van der Waals surface area contributed by atoms with Gasteiger partial charge in [-0.15, -0.1) is 0 Å². The topological polar surface area (TPSA) is 72.5 Å². The summed E-state index contributed by atoms with van der Waals surface area (Å²) in [6.07, 6.45) is 0.593. The molecule has 106 valence electrons. The lowest BCUT2D eigenvalue weighted by molar-refractivity contribution is -0.140. The van der Waals surface area contributed by atoms with E-state index in [-0.39, 0.29) is 23.8 Å². The molecule has 0 unspecified atom stereocenters. The molecule has 0 saturated heterocycles. The number of carbonyl (C=O) groups excluding carboxylic acids is 1. The molecule has 0 spiro atoms. The highest BCUT2D eigenvalue weighted by Crippen LogP contribution is 2.20. The van der Waals surface area contributed by atoms with Crippen LogP contribution in [0, 0.1) is 6.92 Å². The molecule has 0 radical (unpaired) electrons. The minimum atomic E-state index is -3.55. The molecule has 0 amide bonds. The monoisotopic (exact) mass is 349 g/mol. The molecule has 0 aromatic heterocycles. The van der Waals surface area contributed by atoms with E-state index in [1.807, 2.05) is 0 Å². The Kier molecular flexibility index (Phi) is 5.96. The van der Waals surface area contributed by atoms with Crippen molar-refractivity contribution in [3.05, 3.63) is 28.2 Å². The summed E-state index contributed by atoms with van der Waals surface area (Å²) in [7, 11) is -2.25. The van der Waals surface area contributed by atoms with E-state index in [9.17, 15) is 13.2 Å². The van der Waals surface area contributed by atoms with Crippen molar-refractivity contribution in [2.45, 2.75) is 24.7 Å². The quantitative estimate of drug-likeness (QED) is 0.629. The highest BCUT2D eigenvalue weighted by Gasteiger charge is 2.16. The fourth-order valence-corrected chi connectivity index (χ4v) is 3.34. The summed E-state index contributed by atoms with van der Waals surface area (Å²) < 4.78 is 31.8.